The second-order valence-corrected chi connectivity index (χ2v) is 5.21. The van der Waals surface area contributed by atoms with Crippen LogP contribution in [0.3, 0.4) is 0 Å². The minimum Gasteiger partial charge on any atom is -0.492 e. The number of rotatable bonds is 3. The van der Waals surface area contributed by atoms with Crippen molar-refractivity contribution in [2.24, 2.45) is 5.92 Å². The molecule has 0 aliphatic carbocycles. The Morgan fingerprint density at radius 3 is 3.13 bits per heavy atom. The van der Waals surface area contributed by atoms with E-state index in [0.29, 0.717) is 10.9 Å². The van der Waals surface area contributed by atoms with Crippen molar-refractivity contribution in [1.82, 2.24) is 0 Å². The van der Waals surface area contributed by atoms with Crippen LogP contribution < -0.4 is 4.74 Å². The molecule has 15 heavy (non-hydrogen) atoms. The van der Waals surface area contributed by atoms with Gasteiger partial charge >= 0.3 is 0 Å². The minimum absolute atomic E-state index is 0.528. The average Bonchev–Trinajstić information content (AvgIpc) is 2.72. The standard InChI is InChI=1S/C11H12ClIO2/c12-9-1-2-10(13)11(5-9)15-7-8-3-4-14-6-8/h1-2,5,8H,3-4,6-7H2. The summed E-state index contributed by atoms with van der Waals surface area (Å²) in [6.45, 7) is 2.40. The Bertz CT molecular complexity index is 337. The van der Waals surface area contributed by atoms with Crippen LogP contribution in [0, 0.1) is 9.49 Å². The second kappa shape index (κ2) is 5.37. The zero-order valence-corrected chi connectivity index (χ0v) is 11.1. The van der Waals surface area contributed by atoms with Crippen molar-refractivity contribution in [2.45, 2.75) is 6.42 Å². The van der Waals surface area contributed by atoms with Crippen LogP contribution in [-0.4, -0.2) is 19.8 Å². The molecule has 0 N–H and O–H groups in total. The van der Waals surface area contributed by atoms with Gasteiger partial charge in [0.1, 0.15) is 5.75 Å². The van der Waals surface area contributed by atoms with Crippen LogP contribution >= 0.6 is 34.2 Å². The fourth-order valence-corrected chi connectivity index (χ4v) is 2.16. The summed E-state index contributed by atoms with van der Waals surface area (Å²) in [7, 11) is 0. The molecule has 4 heteroatoms. The van der Waals surface area contributed by atoms with Gasteiger partial charge in [-0.1, -0.05) is 11.6 Å². The third-order valence-corrected chi connectivity index (χ3v) is 3.52. The molecule has 0 aromatic heterocycles. The second-order valence-electron chi connectivity index (χ2n) is 3.62. The molecule has 1 unspecified atom stereocenters. The lowest BCUT2D eigenvalue weighted by atomic mass is 10.1. The van der Waals surface area contributed by atoms with E-state index < -0.39 is 0 Å². The topological polar surface area (TPSA) is 18.5 Å². The Labute approximate surface area is 108 Å². The van der Waals surface area contributed by atoms with Crippen molar-refractivity contribution in [3.8, 4) is 5.75 Å². The van der Waals surface area contributed by atoms with Crippen molar-refractivity contribution >= 4 is 34.2 Å². The summed E-state index contributed by atoms with van der Waals surface area (Å²) in [5.74, 6) is 1.40. The molecule has 1 heterocycles. The monoisotopic (exact) mass is 338 g/mol. The minimum atomic E-state index is 0.528. The molecular formula is C11H12ClIO2. The third-order valence-electron chi connectivity index (χ3n) is 2.39. The number of halogens is 2. The van der Waals surface area contributed by atoms with Crippen LogP contribution in [-0.2, 0) is 4.74 Å². The van der Waals surface area contributed by atoms with Crippen LogP contribution in [0.4, 0.5) is 0 Å². The quantitative estimate of drug-likeness (QED) is 0.787. The van der Waals surface area contributed by atoms with Crippen molar-refractivity contribution in [1.29, 1.82) is 0 Å². The Kier molecular flexibility index (Phi) is 4.11. The maximum Gasteiger partial charge on any atom is 0.134 e. The molecule has 1 aromatic carbocycles. The molecule has 0 radical (unpaired) electrons. The van der Waals surface area contributed by atoms with Gasteiger partial charge < -0.3 is 9.47 Å². The number of benzene rings is 1. The maximum atomic E-state index is 5.90. The highest BCUT2D eigenvalue weighted by Gasteiger charge is 2.16. The van der Waals surface area contributed by atoms with Crippen molar-refractivity contribution in [3.63, 3.8) is 0 Å². The first-order valence-corrected chi connectivity index (χ1v) is 6.37. The molecule has 1 aromatic rings. The van der Waals surface area contributed by atoms with E-state index in [-0.39, 0.29) is 0 Å². The predicted octanol–water partition coefficient (Wildman–Crippen LogP) is 3.36. The van der Waals surface area contributed by atoms with Crippen LogP contribution in [0.5, 0.6) is 5.75 Å². The molecule has 0 saturated carbocycles. The van der Waals surface area contributed by atoms with Gasteiger partial charge in [0.25, 0.3) is 0 Å². The Morgan fingerprint density at radius 2 is 2.40 bits per heavy atom. The lowest BCUT2D eigenvalue weighted by Crippen LogP contribution is -2.12. The largest absolute Gasteiger partial charge is 0.492 e. The summed E-state index contributed by atoms with van der Waals surface area (Å²) >= 11 is 8.15. The molecule has 1 saturated heterocycles. The zero-order chi connectivity index (χ0) is 10.7. The molecule has 1 aliphatic rings. The predicted molar refractivity (Wildman–Crippen MR) is 68.6 cm³/mol. The van der Waals surface area contributed by atoms with Crippen LogP contribution in [0.25, 0.3) is 0 Å². The van der Waals surface area contributed by atoms with Crippen LogP contribution in [0.1, 0.15) is 6.42 Å². The van der Waals surface area contributed by atoms with Gasteiger partial charge in [-0.05, 0) is 47.2 Å². The van der Waals surface area contributed by atoms with Gasteiger partial charge in [-0.15, -0.1) is 0 Å². The molecular weight excluding hydrogens is 326 g/mol. The van der Waals surface area contributed by atoms with E-state index in [1.54, 1.807) is 0 Å². The van der Waals surface area contributed by atoms with Crippen molar-refractivity contribution < 1.29 is 9.47 Å². The Balaban J connectivity index is 1.94. The van der Waals surface area contributed by atoms with E-state index in [9.17, 15) is 0 Å². The Hall–Kier alpha value is -0.0000000000000000833. The average molecular weight is 339 g/mol. The number of hydrogen-bond donors (Lipinski definition) is 0. The van der Waals surface area contributed by atoms with Gasteiger partial charge in [-0.3, -0.25) is 0 Å². The number of ether oxygens (including phenoxy) is 2. The van der Waals surface area contributed by atoms with Gasteiger partial charge in [0, 0.05) is 17.5 Å². The van der Waals surface area contributed by atoms with E-state index in [0.717, 1.165) is 35.6 Å². The summed E-state index contributed by atoms with van der Waals surface area (Å²) in [5, 5.41) is 0.716. The third kappa shape index (κ3) is 3.23. The summed E-state index contributed by atoms with van der Waals surface area (Å²) in [5.41, 5.74) is 0. The SMILES string of the molecule is Clc1ccc(I)c(OCC2CCOC2)c1. The Morgan fingerprint density at radius 1 is 1.53 bits per heavy atom. The van der Waals surface area contributed by atoms with E-state index in [1.165, 1.54) is 0 Å². The summed E-state index contributed by atoms with van der Waals surface area (Å²) in [6.07, 6.45) is 1.09. The first kappa shape index (κ1) is 11.5. The van der Waals surface area contributed by atoms with E-state index in [2.05, 4.69) is 22.6 Å². The molecule has 1 fully saturated rings. The van der Waals surface area contributed by atoms with Gasteiger partial charge in [-0.25, -0.2) is 0 Å². The number of hydrogen-bond acceptors (Lipinski definition) is 2. The van der Waals surface area contributed by atoms with E-state index in [4.69, 9.17) is 21.1 Å². The lowest BCUT2D eigenvalue weighted by Gasteiger charge is -2.11. The summed E-state index contributed by atoms with van der Waals surface area (Å²) in [4.78, 5) is 0. The highest BCUT2D eigenvalue weighted by Crippen LogP contribution is 2.26. The fourth-order valence-electron chi connectivity index (χ4n) is 1.51. The smallest absolute Gasteiger partial charge is 0.134 e. The highest BCUT2D eigenvalue weighted by atomic mass is 127. The van der Waals surface area contributed by atoms with Crippen molar-refractivity contribution in [2.75, 3.05) is 19.8 Å². The molecule has 0 spiro atoms. The molecule has 82 valence electrons. The van der Waals surface area contributed by atoms with E-state index >= 15 is 0 Å². The summed E-state index contributed by atoms with van der Waals surface area (Å²) < 4.78 is 12.1. The van der Waals surface area contributed by atoms with Crippen molar-refractivity contribution in [3.05, 3.63) is 26.8 Å². The van der Waals surface area contributed by atoms with Crippen LogP contribution in [0.15, 0.2) is 18.2 Å². The molecule has 0 bridgehead atoms. The molecule has 2 nitrogen and oxygen atoms in total. The van der Waals surface area contributed by atoms with Gasteiger partial charge in [0.15, 0.2) is 0 Å². The first-order valence-electron chi connectivity index (χ1n) is 4.91. The van der Waals surface area contributed by atoms with E-state index in [1.807, 2.05) is 18.2 Å². The molecule has 1 atom stereocenters. The fraction of sp³-hybridized carbons (Fsp3) is 0.455. The molecule has 0 amide bonds. The summed E-state index contributed by atoms with van der Waals surface area (Å²) in [6, 6.07) is 5.69. The highest BCUT2D eigenvalue weighted by molar-refractivity contribution is 14.1. The lowest BCUT2D eigenvalue weighted by molar-refractivity contribution is 0.167. The first-order chi connectivity index (χ1) is 7.25. The van der Waals surface area contributed by atoms with Crippen LogP contribution in [0.2, 0.25) is 5.02 Å². The molecule has 1 aliphatic heterocycles. The van der Waals surface area contributed by atoms with Gasteiger partial charge in [-0.2, -0.15) is 0 Å². The maximum absolute atomic E-state index is 5.90. The zero-order valence-electron chi connectivity index (χ0n) is 8.21. The van der Waals surface area contributed by atoms with Gasteiger partial charge in [0.2, 0.25) is 0 Å². The van der Waals surface area contributed by atoms with Gasteiger partial charge in [0.05, 0.1) is 16.8 Å². The molecule has 2 rings (SSSR count). The normalized spacial score (nSPS) is 20.5.